The van der Waals surface area contributed by atoms with Gasteiger partial charge in [-0.2, -0.15) is 5.10 Å². The van der Waals surface area contributed by atoms with Gasteiger partial charge in [-0.05, 0) is 18.6 Å². The van der Waals surface area contributed by atoms with Gasteiger partial charge in [-0.3, -0.25) is 9.89 Å². The fourth-order valence-corrected chi connectivity index (χ4v) is 2.80. The Labute approximate surface area is 135 Å². The van der Waals surface area contributed by atoms with Crippen molar-refractivity contribution in [1.82, 2.24) is 25.7 Å². The van der Waals surface area contributed by atoms with Gasteiger partial charge in [0.1, 0.15) is 15.8 Å². The maximum Gasteiger partial charge on any atom is 0.255 e. The molecule has 118 valence electrons. The highest BCUT2D eigenvalue weighted by molar-refractivity contribution is 7.11. The second kappa shape index (κ2) is 6.66. The minimum atomic E-state index is -0.371. The summed E-state index contributed by atoms with van der Waals surface area (Å²) in [7, 11) is 0. The number of hydrogen-bond donors (Lipinski definition) is 2. The molecule has 1 aromatic carbocycles. The van der Waals surface area contributed by atoms with Gasteiger partial charge in [0.2, 0.25) is 0 Å². The van der Waals surface area contributed by atoms with Crippen LogP contribution in [-0.4, -0.2) is 26.3 Å². The van der Waals surface area contributed by atoms with Gasteiger partial charge < -0.3 is 5.32 Å². The van der Waals surface area contributed by atoms with Crippen molar-refractivity contribution in [3.8, 4) is 11.3 Å². The summed E-state index contributed by atoms with van der Waals surface area (Å²) in [6.45, 7) is 2.30. The highest BCUT2D eigenvalue weighted by atomic mass is 32.1. The molecule has 2 aromatic heterocycles. The fraction of sp³-hybridized carbons (Fsp3) is 0.200. The summed E-state index contributed by atoms with van der Waals surface area (Å²) >= 11 is 1.46. The Bertz CT molecular complexity index is 829. The zero-order valence-corrected chi connectivity index (χ0v) is 13.2. The van der Waals surface area contributed by atoms with Gasteiger partial charge in [0.25, 0.3) is 5.91 Å². The number of carbonyl (C=O) groups excluding carboxylic acids is 1. The number of rotatable bonds is 5. The summed E-state index contributed by atoms with van der Waals surface area (Å²) in [6, 6.07) is 6.00. The molecule has 0 atom stereocenters. The van der Waals surface area contributed by atoms with E-state index in [4.69, 9.17) is 0 Å². The largest absolute Gasteiger partial charge is 0.345 e. The Balaban J connectivity index is 1.74. The molecular formula is C15H14FN5OS. The lowest BCUT2D eigenvalue weighted by Gasteiger charge is -2.04. The van der Waals surface area contributed by atoms with Crippen LogP contribution in [0.5, 0.6) is 0 Å². The smallest absolute Gasteiger partial charge is 0.255 e. The molecule has 8 heteroatoms. The van der Waals surface area contributed by atoms with Crippen molar-refractivity contribution in [3.05, 3.63) is 51.9 Å². The molecule has 0 bridgehead atoms. The fourth-order valence-electron chi connectivity index (χ4n) is 2.08. The Morgan fingerprint density at radius 1 is 1.35 bits per heavy atom. The van der Waals surface area contributed by atoms with Crippen LogP contribution in [0.25, 0.3) is 11.3 Å². The molecule has 0 saturated heterocycles. The first kappa shape index (κ1) is 15.3. The predicted octanol–water partition coefficient (Wildman–Crippen LogP) is 2.56. The van der Waals surface area contributed by atoms with Crippen LogP contribution in [-0.2, 0) is 13.0 Å². The molecule has 3 rings (SSSR count). The van der Waals surface area contributed by atoms with Crippen LogP contribution in [0.2, 0.25) is 0 Å². The first-order chi connectivity index (χ1) is 11.2. The predicted molar refractivity (Wildman–Crippen MR) is 84.4 cm³/mol. The van der Waals surface area contributed by atoms with E-state index in [0.717, 1.165) is 16.4 Å². The van der Waals surface area contributed by atoms with Crippen molar-refractivity contribution >= 4 is 17.2 Å². The quantitative estimate of drug-likeness (QED) is 0.752. The third-order valence-electron chi connectivity index (χ3n) is 3.21. The lowest BCUT2D eigenvalue weighted by atomic mass is 10.1. The average Bonchev–Trinajstić information content (AvgIpc) is 3.21. The number of benzene rings is 1. The molecule has 2 heterocycles. The van der Waals surface area contributed by atoms with Gasteiger partial charge in [-0.25, -0.2) is 4.39 Å². The van der Waals surface area contributed by atoms with Crippen LogP contribution < -0.4 is 5.32 Å². The summed E-state index contributed by atoms with van der Waals surface area (Å²) in [5, 5.41) is 19.1. The highest BCUT2D eigenvalue weighted by Gasteiger charge is 2.16. The second-order valence-electron chi connectivity index (χ2n) is 4.79. The van der Waals surface area contributed by atoms with Crippen LogP contribution in [0.3, 0.4) is 0 Å². The van der Waals surface area contributed by atoms with Gasteiger partial charge in [-0.1, -0.05) is 30.4 Å². The molecule has 0 fully saturated rings. The van der Waals surface area contributed by atoms with Crippen molar-refractivity contribution in [2.24, 2.45) is 0 Å². The van der Waals surface area contributed by atoms with Crippen molar-refractivity contribution in [2.45, 2.75) is 19.9 Å². The van der Waals surface area contributed by atoms with E-state index in [1.165, 1.54) is 29.7 Å². The summed E-state index contributed by atoms with van der Waals surface area (Å²) < 4.78 is 13.3. The molecular weight excluding hydrogens is 317 g/mol. The molecule has 3 aromatic rings. The van der Waals surface area contributed by atoms with Crippen LogP contribution in [0.4, 0.5) is 4.39 Å². The zero-order valence-electron chi connectivity index (χ0n) is 12.3. The third-order valence-corrected chi connectivity index (χ3v) is 4.28. The average molecular weight is 331 g/mol. The van der Waals surface area contributed by atoms with E-state index in [9.17, 15) is 9.18 Å². The number of aryl methyl sites for hydroxylation is 1. The van der Waals surface area contributed by atoms with Gasteiger partial charge in [0, 0.05) is 5.56 Å². The summed E-state index contributed by atoms with van der Waals surface area (Å²) in [5.41, 5.74) is 1.40. The Morgan fingerprint density at radius 2 is 2.17 bits per heavy atom. The van der Waals surface area contributed by atoms with Crippen molar-refractivity contribution < 1.29 is 9.18 Å². The molecule has 23 heavy (non-hydrogen) atoms. The monoisotopic (exact) mass is 331 g/mol. The molecule has 0 aliphatic heterocycles. The summed E-state index contributed by atoms with van der Waals surface area (Å²) in [6.07, 6.45) is 2.24. The highest BCUT2D eigenvalue weighted by Crippen LogP contribution is 2.21. The molecule has 0 aliphatic rings. The van der Waals surface area contributed by atoms with Crippen molar-refractivity contribution in [2.75, 3.05) is 0 Å². The number of aromatic amines is 1. The maximum absolute atomic E-state index is 13.3. The Kier molecular flexibility index (Phi) is 4.42. The van der Waals surface area contributed by atoms with Gasteiger partial charge in [0.05, 0.1) is 24.0 Å². The maximum atomic E-state index is 13.3. The second-order valence-corrected chi connectivity index (χ2v) is 5.94. The number of nitrogens with zero attached hydrogens (tertiary/aromatic N) is 3. The van der Waals surface area contributed by atoms with Gasteiger partial charge >= 0.3 is 0 Å². The summed E-state index contributed by atoms with van der Waals surface area (Å²) in [5.74, 6) is -0.671. The Hall–Kier alpha value is -2.61. The molecule has 1 amide bonds. The normalized spacial score (nSPS) is 10.7. The van der Waals surface area contributed by atoms with Gasteiger partial charge in [0.15, 0.2) is 0 Å². The van der Waals surface area contributed by atoms with E-state index in [2.05, 4.69) is 25.7 Å². The van der Waals surface area contributed by atoms with Crippen LogP contribution in [0, 0.1) is 5.82 Å². The molecule has 0 saturated carbocycles. The number of H-pyrrole nitrogens is 1. The standard InChI is InChI=1S/C15H14FN5OS/c1-2-12-19-20-13(23-12)8-17-15(22)11-7-18-21-14(11)9-4-3-5-10(16)6-9/h3-7H,2,8H2,1H3,(H,17,22)(H,18,21). The van der Waals surface area contributed by atoms with Gasteiger partial charge in [-0.15, -0.1) is 10.2 Å². The van der Waals surface area contributed by atoms with E-state index >= 15 is 0 Å². The zero-order chi connectivity index (χ0) is 16.2. The van der Waals surface area contributed by atoms with Crippen LogP contribution >= 0.6 is 11.3 Å². The van der Waals surface area contributed by atoms with E-state index in [1.807, 2.05) is 6.92 Å². The van der Waals surface area contributed by atoms with Crippen molar-refractivity contribution in [3.63, 3.8) is 0 Å². The van der Waals surface area contributed by atoms with E-state index in [-0.39, 0.29) is 11.7 Å². The molecule has 6 nitrogen and oxygen atoms in total. The molecule has 2 N–H and O–H groups in total. The topological polar surface area (TPSA) is 83.6 Å². The van der Waals surface area contributed by atoms with E-state index in [0.29, 0.717) is 23.4 Å². The third kappa shape index (κ3) is 3.42. The molecule has 0 unspecified atom stereocenters. The molecule has 0 aliphatic carbocycles. The lowest BCUT2D eigenvalue weighted by molar-refractivity contribution is 0.0951. The lowest BCUT2D eigenvalue weighted by Crippen LogP contribution is -2.22. The minimum absolute atomic E-state index is 0.296. The van der Waals surface area contributed by atoms with E-state index < -0.39 is 0 Å². The minimum Gasteiger partial charge on any atom is -0.345 e. The first-order valence-electron chi connectivity index (χ1n) is 7.06. The first-order valence-corrected chi connectivity index (χ1v) is 7.87. The van der Waals surface area contributed by atoms with Crippen molar-refractivity contribution in [1.29, 1.82) is 0 Å². The van der Waals surface area contributed by atoms with E-state index in [1.54, 1.807) is 12.1 Å². The number of carbonyl (C=O) groups is 1. The summed E-state index contributed by atoms with van der Waals surface area (Å²) in [4.78, 5) is 12.3. The number of nitrogens with one attached hydrogen (secondary N) is 2. The Morgan fingerprint density at radius 3 is 2.91 bits per heavy atom. The number of amides is 1. The molecule has 0 spiro atoms. The van der Waals surface area contributed by atoms with Crippen LogP contribution in [0.1, 0.15) is 27.3 Å². The number of hydrogen-bond acceptors (Lipinski definition) is 5. The number of aromatic nitrogens is 4. The van der Waals surface area contributed by atoms with Crippen LogP contribution in [0.15, 0.2) is 30.5 Å². The molecule has 0 radical (unpaired) electrons. The number of halogens is 1. The SMILES string of the molecule is CCc1nnc(CNC(=O)c2cn[nH]c2-c2cccc(F)c2)s1.